The predicted molar refractivity (Wildman–Crippen MR) is 167 cm³/mol. The molecule has 4 aliphatic rings. The highest BCUT2D eigenvalue weighted by Crippen LogP contribution is 2.67. The highest BCUT2D eigenvalue weighted by Gasteiger charge is 2.59. The van der Waals surface area contributed by atoms with Gasteiger partial charge in [-0.3, -0.25) is 0 Å². The van der Waals surface area contributed by atoms with Crippen LogP contribution in [0.2, 0.25) is 0 Å². The van der Waals surface area contributed by atoms with Gasteiger partial charge in [0, 0.05) is 19.6 Å². The molecule has 0 aromatic carbocycles. The van der Waals surface area contributed by atoms with Gasteiger partial charge in [-0.1, -0.05) is 65.5 Å². The van der Waals surface area contributed by atoms with Crippen LogP contribution in [0, 0.1) is 46.3 Å². The van der Waals surface area contributed by atoms with Crippen LogP contribution >= 0.6 is 0 Å². The van der Waals surface area contributed by atoms with Gasteiger partial charge in [0.2, 0.25) is 0 Å². The minimum Gasteiger partial charge on any atom is -0.446 e. The van der Waals surface area contributed by atoms with Crippen molar-refractivity contribution in [3.63, 3.8) is 0 Å². The maximum Gasteiger partial charge on any atom is 0.407 e. The van der Waals surface area contributed by atoms with Gasteiger partial charge in [0.15, 0.2) is 0 Å². The zero-order valence-electron chi connectivity index (χ0n) is 27.1. The summed E-state index contributed by atoms with van der Waals surface area (Å²) >= 11 is 0. The van der Waals surface area contributed by atoms with Gasteiger partial charge in [-0.05, 0) is 104 Å². The number of nitrogens with one attached hydrogen (secondary N) is 1. The lowest BCUT2D eigenvalue weighted by molar-refractivity contribution is -0.0581. The fraction of sp³-hybridized carbons (Fsp3) is 0.914. The summed E-state index contributed by atoms with van der Waals surface area (Å²) in [5.74, 6) is 5.10. The smallest absolute Gasteiger partial charge is 0.407 e. The summed E-state index contributed by atoms with van der Waals surface area (Å²) in [7, 11) is 0. The lowest BCUT2D eigenvalue weighted by atomic mass is 9.47. The largest absolute Gasteiger partial charge is 0.446 e. The van der Waals surface area contributed by atoms with Gasteiger partial charge in [0.25, 0.3) is 0 Å². The molecule has 4 aliphatic carbocycles. The molecule has 0 radical (unpaired) electrons. The van der Waals surface area contributed by atoms with Crippen molar-refractivity contribution in [2.75, 3.05) is 39.5 Å². The van der Waals surface area contributed by atoms with E-state index in [1.807, 2.05) is 0 Å². The van der Waals surface area contributed by atoms with Crippen LogP contribution < -0.4 is 11.1 Å². The van der Waals surface area contributed by atoms with E-state index < -0.39 is 0 Å². The zero-order chi connectivity index (χ0) is 29.5. The summed E-state index contributed by atoms with van der Waals surface area (Å²) < 4.78 is 16.8. The maximum atomic E-state index is 12.5. The second-order valence-corrected chi connectivity index (χ2v) is 14.9. The second-order valence-electron chi connectivity index (χ2n) is 14.9. The van der Waals surface area contributed by atoms with E-state index in [1.54, 1.807) is 5.57 Å². The van der Waals surface area contributed by atoms with Gasteiger partial charge >= 0.3 is 6.09 Å². The van der Waals surface area contributed by atoms with Crippen molar-refractivity contribution < 1.29 is 19.0 Å². The third-order valence-corrected chi connectivity index (χ3v) is 11.9. The minimum atomic E-state index is -0.316. The van der Waals surface area contributed by atoms with Gasteiger partial charge < -0.3 is 25.3 Å². The van der Waals surface area contributed by atoms with Crippen LogP contribution in [0.3, 0.4) is 0 Å². The Bertz CT molecular complexity index is 861. The van der Waals surface area contributed by atoms with Gasteiger partial charge in [-0.25, -0.2) is 4.79 Å². The molecule has 3 unspecified atom stereocenters. The summed E-state index contributed by atoms with van der Waals surface area (Å²) in [5.41, 5.74) is 7.83. The van der Waals surface area contributed by atoms with Crippen LogP contribution in [0.25, 0.3) is 0 Å². The number of allylic oxidation sites excluding steroid dienone is 1. The Labute approximate surface area is 251 Å². The van der Waals surface area contributed by atoms with Gasteiger partial charge in [0.1, 0.15) is 6.10 Å². The summed E-state index contributed by atoms with van der Waals surface area (Å²) in [4.78, 5) is 12.5. The van der Waals surface area contributed by atoms with Crippen molar-refractivity contribution in [3.05, 3.63) is 11.6 Å². The summed E-state index contributed by atoms with van der Waals surface area (Å²) in [6, 6.07) is 0. The Morgan fingerprint density at radius 1 is 0.976 bits per heavy atom. The quantitative estimate of drug-likeness (QED) is 0.156. The molecule has 0 aliphatic heterocycles. The van der Waals surface area contributed by atoms with Gasteiger partial charge in [-0.2, -0.15) is 0 Å². The molecule has 3 N–H and O–H groups in total. The van der Waals surface area contributed by atoms with E-state index >= 15 is 0 Å². The van der Waals surface area contributed by atoms with Gasteiger partial charge in [0.05, 0.1) is 19.8 Å². The van der Waals surface area contributed by atoms with E-state index in [1.165, 1.54) is 51.4 Å². The van der Waals surface area contributed by atoms with Crippen molar-refractivity contribution in [2.45, 2.75) is 118 Å². The first kappa shape index (κ1) is 32.8. The molecule has 41 heavy (non-hydrogen) atoms. The maximum absolute atomic E-state index is 12.5. The molecule has 3 saturated carbocycles. The molecule has 1 amide bonds. The summed E-state index contributed by atoms with van der Waals surface area (Å²) in [6.45, 7) is 15.8. The molecule has 0 bridgehead atoms. The van der Waals surface area contributed by atoms with Crippen LogP contribution in [-0.4, -0.2) is 51.7 Å². The topological polar surface area (TPSA) is 82.8 Å². The number of hydrogen-bond acceptors (Lipinski definition) is 5. The second kappa shape index (κ2) is 15.1. The first-order valence-corrected chi connectivity index (χ1v) is 17.2. The number of ether oxygens (including phenoxy) is 3. The molecule has 0 heterocycles. The highest BCUT2D eigenvalue weighted by atomic mass is 16.6. The number of alkyl carbamates (subject to hydrolysis) is 1. The van der Waals surface area contributed by atoms with E-state index in [9.17, 15) is 4.79 Å². The van der Waals surface area contributed by atoms with Crippen LogP contribution in [0.5, 0.6) is 0 Å². The number of carbonyl (C=O) groups is 1. The van der Waals surface area contributed by atoms with Crippen LogP contribution in [-0.2, 0) is 14.2 Å². The molecule has 6 nitrogen and oxygen atoms in total. The molecule has 3 fully saturated rings. The van der Waals surface area contributed by atoms with Crippen LogP contribution in [0.15, 0.2) is 11.6 Å². The first-order valence-electron chi connectivity index (χ1n) is 17.2. The lowest BCUT2D eigenvalue weighted by Crippen LogP contribution is -2.51. The van der Waals surface area contributed by atoms with E-state index in [0.29, 0.717) is 44.9 Å². The standard InChI is InChI=1S/C35H62N2O4/c1-25(2)8-6-9-26(3)30-12-13-31-29-11-10-27-24-28(14-16-34(27,4)32(29)15-17-35(30,31)5)41-33(38)37-19-21-40-23-22-39-20-7-18-36/h10,25-26,28-32H,6-9,11-24,36H2,1-5H3,(H,37,38)/t26-,28+,29?,30-,31?,32?,34+,35-/m0/s1. The molecule has 4 rings (SSSR count). The average molecular weight is 575 g/mol. The highest BCUT2D eigenvalue weighted by molar-refractivity contribution is 5.67. The number of hydrogen-bond donors (Lipinski definition) is 2. The third kappa shape index (κ3) is 7.89. The third-order valence-electron chi connectivity index (χ3n) is 11.9. The van der Waals surface area contributed by atoms with Gasteiger partial charge in [-0.15, -0.1) is 0 Å². The number of fused-ring (bicyclic) bond motifs is 5. The molecular weight excluding hydrogens is 512 g/mol. The van der Waals surface area contributed by atoms with E-state index in [0.717, 1.165) is 61.2 Å². The number of nitrogens with two attached hydrogens (primary N) is 1. The monoisotopic (exact) mass is 574 g/mol. The number of carbonyl (C=O) groups excluding carboxylic acids is 1. The normalized spacial score (nSPS) is 35.3. The predicted octanol–water partition coefficient (Wildman–Crippen LogP) is 7.50. The Hall–Kier alpha value is -1.11. The van der Waals surface area contributed by atoms with Crippen LogP contribution in [0.4, 0.5) is 4.79 Å². The lowest BCUT2D eigenvalue weighted by Gasteiger charge is -2.58. The van der Waals surface area contributed by atoms with Crippen LogP contribution in [0.1, 0.15) is 112 Å². The fourth-order valence-electron chi connectivity index (χ4n) is 9.68. The SMILES string of the molecule is CC(C)CCC[C@H](C)[C@@H]1CCC2C3CC=C4C[C@H](OC(=O)NCCOCCOCCCN)CC[C@@]4(C)C3CC[C@]21C. The Morgan fingerprint density at radius 2 is 1.76 bits per heavy atom. The molecule has 8 atom stereocenters. The molecule has 0 spiro atoms. The minimum absolute atomic E-state index is 0.0147. The van der Waals surface area contributed by atoms with E-state index in [4.69, 9.17) is 19.9 Å². The first-order chi connectivity index (χ1) is 19.7. The van der Waals surface area contributed by atoms with Crippen molar-refractivity contribution in [2.24, 2.45) is 52.1 Å². The Kier molecular flexibility index (Phi) is 12.0. The molecule has 0 aromatic rings. The molecule has 236 valence electrons. The molecule has 0 aromatic heterocycles. The number of amides is 1. The van der Waals surface area contributed by atoms with E-state index in [2.05, 4.69) is 46.0 Å². The van der Waals surface area contributed by atoms with Crippen molar-refractivity contribution >= 4 is 6.09 Å². The summed E-state index contributed by atoms with van der Waals surface area (Å²) in [5, 5.41) is 2.87. The van der Waals surface area contributed by atoms with Crippen molar-refractivity contribution in [1.29, 1.82) is 0 Å². The fourth-order valence-corrected chi connectivity index (χ4v) is 9.68. The zero-order valence-corrected chi connectivity index (χ0v) is 27.1. The Morgan fingerprint density at radius 3 is 2.51 bits per heavy atom. The molecule has 0 saturated heterocycles. The van der Waals surface area contributed by atoms with Crippen molar-refractivity contribution in [1.82, 2.24) is 5.32 Å². The average Bonchev–Trinajstić information content (AvgIpc) is 3.29. The summed E-state index contributed by atoms with van der Waals surface area (Å²) in [6.07, 6.45) is 17.2. The van der Waals surface area contributed by atoms with E-state index in [-0.39, 0.29) is 17.6 Å². The number of rotatable bonds is 15. The molecular formula is C35H62N2O4. The van der Waals surface area contributed by atoms with Crippen molar-refractivity contribution in [3.8, 4) is 0 Å². The Balaban J connectivity index is 1.24. The molecule has 6 heteroatoms.